The molecule has 0 aliphatic rings. The van der Waals surface area contributed by atoms with Crippen molar-refractivity contribution in [2.24, 2.45) is 0 Å². The predicted octanol–water partition coefficient (Wildman–Crippen LogP) is 3.24. The van der Waals surface area contributed by atoms with Crippen molar-refractivity contribution in [2.75, 3.05) is 13.7 Å². The van der Waals surface area contributed by atoms with Gasteiger partial charge >= 0.3 is 0 Å². The van der Waals surface area contributed by atoms with Crippen LogP contribution in [0, 0.1) is 0 Å². The van der Waals surface area contributed by atoms with Crippen LogP contribution in [0.25, 0.3) is 11.4 Å². The quantitative estimate of drug-likeness (QED) is 0.848. The van der Waals surface area contributed by atoms with Crippen molar-refractivity contribution in [1.82, 2.24) is 15.5 Å². The van der Waals surface area contributed by atoms with Crippen LogP contribution in [0.2, 0.25) is 0 Å². The first-order chi connectivity index (χ1) is 10.2. The van der Waals surface area contributed by atoms with Gasteiger partial charge in [0.15, 0.2) is 0 Å². The summed E-state index contributed by atoms with van der Waals surface area (Å²) in [5.74, 6) is 2.29. The van der Waals surface area contributed by atoms with Crippen LogP contribution in [-0.2, 0) is 0 Å². The molecule has 0 spiro atoms. The minimum atomic E-state index is 0.189. The fourth-order valence-electron chi connectivity index (χ4n) is 2.39. The first-order valence-corrected chi connectivity index (χ1v) is 7.41. The second-order valence-electron chi connectivity index (χ2n) is 5.05. The number of hydrogen-bond donors (Lipinski definition) is 1. The van der Waals surface area contributed by atoms with Crippen LogP contribution < -0.4 is 10.1 Å². The standard InChI is InChI=1S/C16H23N3O2/c1-5-14(17-6-2)11(3)16-18-15(19-21-16)12-7-9-13(20-4)10-8-12/h7-11,14,17H,5-6H2,1-4H3. The molecule has 2 unspecified atom stereocenters. The lowest BCUT2D eigenvalue weighted by molar-refractivity contribution is 0.321. The number of likely N-dealkylation sites (N-methyl/N-ethyl adjacent to an activating group) is 1. The van der Waals surface area contributed by atoms with E-state index in [1.165, 1.54) is 0 Å². The molecular formula is C16H23N3O2. The molecule has 0 saturated heterocycles. The Morgan fingerprint density at radius 2 is 1.95 bits per heavy atom. The molecule has 1 aromatic carbocycles. The Bertz CT molecular complexity index is 551. The van der Waals surface area contributed by atoms with Crippen LogP contribution in [0.3, 0.4) is 0 Å². The topological polar surface area (TPSA) is 60.2 Å². The number of benzene rings is 1. The van der Waals surface area contributed by atoms with Crippen molar-refractivity contribution in [1.29, 1.82) is 0 Å². The molecule has 5 nitrogen and oxygen atoms in total. The normalized spacial score (nSPS) is 13.9. The molecule has 0 bridgehead atoms. The lowest BCUT2D eigenvalue weighted by Crippen LogP contribution is -2.33. The highest BCUT2D eigenvalue weighted by Gasteiger charge is 2.22. The molecule has 0 aliphatic heterocycles. The summed E-state index contributed by atoms with van der Waals surface area (Å²) in [5, 5.41) is 7.54. The Balaban J connectivity index is 2.16. The summed E-state index contributed by atoms with van der Waals surface area (Å²) >= 11 is 0. The Kier molecular flexibility index (Phi) is 5.33. The van der Waals surface area contributed by atoms with Crippen molar-refractivity contribution >= 4 is 0 Å². The van der Waals surface area contributed by atoms with Gasteiger partial charge in [0.1, 0.15) is 5.75 Å². The third-order valence-electron chi connectivity index (χ3n) is 3.69. The van der Waals surface area contributed by atoms with Gasteiger partial charge in [-0.2, -0.15) is 4.98 Å². The van der Waals surface area contributed by atoms with Gasteiger partial charge in [0.25, 0.3) is 0 Å². The molecule has 2 aromatic rings. The molecule has 1 aromatic heterocycles. The van der Waals surface area contributed by atoms with E-state index in [9.17, 15) is 0 Å². The molecule has 1 N–H and O–H groups in total. The first kappa shape index (κ1) is 15.5. The third kappa shape index (κ3) is 3.61. The predicted molar refractivity (Wildman–Crippen MR) is 82.5 cm³/mol. The van der Waals surface area contributed by atoms with Crippen molar-refractivity contribution in [3.05, 3.63) is 30.2 Å². The van der Waals surface area contributed by atoms with Crippen LogP contribution in [-0.4, -0.2) is 29.8 Å². The van der Waals surface area contributed by atoms with E-state index >= 15 is 0 Å². The summed E-state index contributed by atoms with van der Waals surface area (Å²) < 4.78 is 10.6. The van der Waals surface area contributed by atoms with E-state index in [-0.39, 0.29) is 5.92 Å². The summed E-state index contributed by atoms with van der Waals surface area (Å²) in [6, 6.07) is 7.99. The fraction of sp³-hybridized carbons (Fsp3) is 0.500. The zero-order valence-corrected chi connectivity index (χ0v) is 13.1. The summed E-state index contributed by atoms with van der Waals surface area (Å²) in [5.41, 5.74) is 0.925. The van der Waals surface area contributed by atoms with Crippen molar-refractivity contribution in [2.45, 2.75) is 39.2 Å². The summed E-state index contributed by atoms with van der Waals surface area (Å²) in [7, 11) is 1.65. The van der Waals surface area contributed by atoms with Crippen LogP contribution in [0.4, 0.5) is 0 Å². The fourth-order valence-corrected chi connectivity index (χ4v) is 2.39. The second kappa shape index (κ2) is 7.22. The van der Waals surface area contributed by atoms with E-state index in [0.29, 0.717) is 17.8 Å². The summed E-state index contributed by atoms with van der Waals surface area (Å²) in [6.45, 7) is 7.31. The maximum absolute atomic E-state index is 5.43. The van der Waals surface area contributed by atoms with Gasteiger partial charge < -0.3 is 14.6 Å². The molecule has 21 heavy (non-hydrogen) atoms. The molecule has 0 saturated carbocycles. The minimum absolute atomic E-state index is 0.189. The number of methoxy groups -OCH3 is 1. The molecule has 0 amide bonds. The number of ether oxygens (including phenoxy) is 1. The SMILES string of the molecule is CCNC(CC)C(C)c1nc(-c2ccc(OC)cc2)no1. The smallest absolute Gasteiger partial charge is 0.231 e. The minimum Gasteiger partial charge on any atom is -0.497 e. The van der Waals surface area contributed by atoms with Crippen molar-refractivity contribution in [3.63, 3.8) is 0 Å². The number of nitrogens with one attached hydrogen (secondary N) is 1. The number of aromatic nitrogens is 2. The largest absolute Gasteiger partial charge is 0.497 e. The van der Waals surface area contributed by atoms with E-state index in [0.717, 1.165) is 24.3 Å². The number of rotatable bonds is 7. The van der Waals surface area contributed by atoms with Crippen LogP contribution in [0.15, 0.2) is 28.8 Å². The van der Waals surface area contributed by atoms with E-state index < -0.39 is 0 Å². The zero-order valence-electron chi connectivity index (χ0n) is 13.1. The molecule has 2 rings (SSSR count). The monoisotopic (exact) mass is 289 g/mol. The number of nitrogens with zero attached hydrogens (tertiary/aromatic N) is 2. The van der Waals surface area contributed by atoms with Gasteiger partial charge in [-0.25, -0.2) is 0 Å². The molecular weight excluding hydrogens is 266 g/mol. The summed E-state index contributed by atoms with van der Waals surface area (Å²) in [6.07, 6.45) is 1.02. The Hall–Kier alpha value is -1.88. The van der Waals surface area contributed by atoms with Crippen molar-refractivity contribution < 1.29 is 9.26 Å². The van der Waals surface area contributed by atoms with E-state index in [2.05, 4.69) is 36.2 Å². The average Bonchev–Trinajstić information content (AvgIpc) is 3.02. The Labute approximate surface area is 125 Å². The maximum atomic E-state index is 5.43. The Morgan fingerprint density at radius 3 is 2.52 bits per heavy atom. The van der Waals surface area contributed by atoms with Gasteiger partial charge in [0, 0.05) is 11.6 Å². The van der Waals surface area contributed by atoms with Gasteiger partial charge in [0.2, 0.25) is 11.7 Å². The second-order valence-corrected chi connectivity index (χ2v) is 5.05. The Morgan fingerprint density at radius 1 is 1.24 bits per heavy atom. The maximum Gasteiger partial charge on any atom is 0.231 e. The van der Waals surface area contributed by atoms with E-state index in [4.69, 9.17) is 9.26 Å². The molecule has 1 heterocycles. The molecule has 5 heteroatoms. The van der Waals surface area contributed by atoms with E-state index in [1.54, 1.807) is 7.11 Å². The van der Waals surface area contributed by atoms with Crippen LogP contribution in [0.1, 0.15) is 39.0 Å². The average molecular weight is 289 g/mol. The first-order valence-electron chi connectivity index (χ1n) is 7.41. The van der Waals surface area contributed by atoms with Gasteiger partial charge in [-0.05, 0) is 37.2 Å². The van der Waals surface area contributed by atoms with Gasteiger partial charge in [-0.15, -0.1) is 0 Å². The highest BCUT2D eigenvalue weighted by Crippen LogP contribution is 2.24. The highest BCUT2D eigenvalue weighted by molar-refractivity contribution is 5.55. The molecule has 0 aliphatic carbocycles. The lowest BCUT2D eigenvalue weighted by Gasteiger charge is -2.20. The molecule has 0 radical (unpaired) electrons. The lowest BCUT2D eigenvalue weighted by atomic mass is 9.99. The third-order valence-corrected chi connectivity index (χ3v) is 3.69. The van der Waals surface area contributed by atoms with Gasteiger partial charge in [-0.1, -0.05) is 25.9 Å². The molecule has 0 fully saturated rings. The highest BCUT2D eigenvalue weighted by atomic mass is 16.5. The van der Waals surface area contributed by atoms with Gasteiger partial charge in [0.05, 0.1) is 13.0 Å². The molecule has 114 valence electrons. The van der Waals surface area contributed by atoms with Crippen LogP contribution in [0.5, 0.6) is 5.75 Å². The molecule has 2 atom stereocenters. The van der Waals surface area contributed by atoms with Crippen LogP contribution >= 0.6 is 0 Å². The van der Waals surface area contributed by atoms with E-state index in [1.807, 2.05) is 24.3 Å². The summed E-state index contributed by atoms with van der Waals surface area (Å²) in [4.78, 5) is 4.53. The number of hydrogen-bond acceptors (Lipinski definition) is 5. The van der Waals surface area contributed by atoms with Gasteiger partial charge in [-0.3, -0.25) is 0 Å². The zero-order chi connectivity index (χ0) is 15.2. The van der Waals surface area contributed by atoms with Crippen molar-refractivity contribution in [3.8, 4) is 17.1 Å².